The molecule has 1 aromatic carbocycles. The summed E-state index contributed by atoms with van der Waals surface area (Å²) in [5.41, 5.74) is 7.46. The molecule has 2 aromatic rings. The van der Waals surface area contributed by atoms with E-state index in [1.807, 2.05) is 11.9 Å². The number of anilines is 2. The van der Waals surface area contributed by atoms with E-state index in [0.717, 1.165) is 11.4 Å². The lowest BCUT2D eigenvalue weighted by atomic mass is 10.2. The predicted molar refractivity (Wildman–Crippen MR) is 71.2 cm³/mol. The Bertz CT molecular complexity index is 581. The van der Waals surface area contributed by atoms with E-state index in [1.54, 1.807) is 30.5 Å². The first-order chi connectivity index (χ1) is 9.11. The van der Waals surface area contributed by atoms with Crippen molar-refractivity contribution in [3.63, 3.8) is 0 Å². The molecule has 0 unspecified atom stereocenters. The maximum Gasteiger partial charge on any atom is 0.188 e. The van der Waals surface area contributed by atoms with E-state index < -0.39 is 0 Å². The van der Waals surface area contributed by atoms with Crippen molar-refractivity contribution in [2.75, 3.05) is 11.9 Å². The second-order valence-corrected chi connectivity index (χ2v) is 3.92. The minimum Gasteiger partial charge on any atom is -0.409 e. The van der Waals surface area contributed by atoms with E-state index >= 15 is 0 Å². The number of hydrogen-bond acceptors (Lipinski definition) is 4. The van der Waals surface area contributed by atoms with Crippen molar-refractivity contribution in [1.29, 1.82) is 0 Å². The molecule has 98 valence electrons. The van der Waals surface area contributed by atoms with E-state index in [2.05, 4.69) is 10.1 Å². The van der Waals surface area contributed by atoms with Crippen molar-refractivity contribution < 1.29 is 9.60 Å². The van der Waals surface area contributed by atoms with E-state index in [9.17, 15) is 4.39 Å². The highest BCUT2D eigenvalue weighted by atomic mass is 19.1. The summed E-state index contributed by atoms with van der Waals surface area (Å²) in [5.74, 6) is -0.325. The molecule has 0 aliphatic heterocycles. The lowest BCUT2D eigenvalue weighted by Crippen LogP contribution is -2.16. The molecule has 2 rings (SSSR count). The van der Waals surface area contributed by atoms with Crippen molar-refractivity contribution in [3.8, 4) is 0 Å². The van der Waals surface area contributed by atoms with Gasteiger partial charge in [-0.3, -0.25) is 4.98 Å². The highest BCUT2D eigenvalue weighted by molar-refractivity contribution is 5.95. The first-order valence-electron chi connectivity index (χ1n) is 5.55. The van der Waals surface area contributed by atoms with Gasteiger partial charge in [0, 0.05) is 12.7 Å². The number of nitrogens with zero attached hydrogens (tertiary/aromatic N) is 3. The van der Waals surface area contributed by atoms with Crippen LogP contribution in [0.4, 0.5) is 15.8 Å². The smallest absolute Gasteiger partial charge is 0.188 e. The highest BCUT2D eigenvalue weighted by Gasteiger charge is 2.06. The van der Waals surface area contributed by atoms with Crippen molar-refractivity contribution in [3.05, 3.63) is 54.1 Å². The number of pyridine rings is 1. The average molecular weight is 260 g/mol. The van der Waals surface area contributed by atoms with Crippen LogP contribution in [0.3, 0.4) is 0 Å². The molecule has 1 heterocycles. The topological polar surface area (TPSA) is 74.7 Å². The molecular formula is C13H13FN4O. The first-order valence-corrected chi connectivity index (χ1v) is 5.55. The quantitative estimate of drug-likeness (QED) is 0.383. The van der Waals surface area contributed by atoms with Gasteiger partial charge in [-0.15, -0.1) is 0 Å². The van der Waals surface area contributed by atoms with E-state index in [1.165, 1.54) is 12.1 Å². The summed E-state index contributed by atoms with van der Waals surface area (Å²) in [4.78, 5) is 5.93. The monoisotopic (exact) mass is 260 g/mol. The number of nitrogens with two attached hydrogens (primary N) is 1. The van der Waals surface area contributed by atoms with E-state index in [4.69, 9.17) is 10.9 Å². The van der Waals surface area contributed by atoms with Crippen LogP contribution in [0.25, 0.3) is 0 Å². The third-order valence-corrected chi connectivity index (χ3v) is 2.72. The summed E-state index contributed by atoms with van der Waals surface area (Å²) in [5, 5.41) is 11.4. The molecule has 0 atom stereocenters. The minimum absolute atomic E-state index is 0.0454. The van der Waals surface area contributed by atoms with Crippen LogP contribution in [0.1, 0.15) is 5.69 Å². The Balaban J connectivity index is 2.24. The van der Waals surface area contributed by atoms with Crippen molar-refractivity contribution >= 4 is 17.2 Å². The minimum atomic E-state index is -0.280. The van der Waals surface area contributed by atoms with Crippen LogP contribution in [-0.2, 0) is 0 Å². The van der Waals surface area contributed by atoms with Crippen LogP contribution in [0.2, 0.25) is 0 Å². The van der Waals surface area contributed by atoms with Gasteiger partial charge in [-0.25, -0.2) is 4.39 Å². The molecule has 6 heteroatoms. The van der Waals surface area contributed by atoms with Crippen LogP contribution in [0.15, 0.2) is 47.8 Å². The van der Waals surface area contributed by atoms with Gasteiger partial charge in [-0.05, 0) is 36.4 Å². The molecule has 0 fully saturated rings. The van der Waals surface area contributed by atoms with Crippen molar-refractivity contribution in [2.24, 2.45) is 10.9 Å². The van der Waals surface area contributed by atoms with Crippen molar-refractivity contribution in [2.45, 2.75) is 0 Å². The third kappa shape index (κ3) is 2.79. The first kappa shape index (κ1) is 12.8. The molecule has 0 spiro atoms. The second kappa shape index (κ2) is 5.34. The zero-order valence-electron chi connectivity index (χ0n) is 10.3. The number of hydrogen-bond donors (Lipinski definition) is 2. The van der Waals surface area contributed by atoms with E-state index in [-0.39, 0.29) is 11.7 Å². The molecule has 0 aliphatic rings. The summed E-state index contributed by atoms with van der Waals surface area (Å²) in [6.45, 7) is 0. The lowest BCUT2D eigenvalue weighted by molar-refractivity contribution is 0.318. The van der Waals surface area contributed by atoms with Gasteiger partial charge in [-0.2, -0.15) is 0 Å². The zero-order valence-corrected chi connectivity index (χ0v) is 10.3. The molecule has 0 aliphatic carbocycles. The van der Waals surface area contributed by atoms with Gasteiger partial charge >= 0.3 is 0 Å². The molecule has 0 radical (unpaired) electrons. The van der Waals surface area contributed by atoms with Gasteiger partial charge < -0.3 is 15.8 Å². The standard InChI is InChI=1S/C13H13FN4O/c1-18(10-4-2-9(14)3-5-10)11-6-7-12(16-8-11)13(15)17-19/h2-8,19H,1H3,(H2,15,17). The Kier molecular flexibility index (Phi) is 3.61. The van der Waals surface area contributed by atoms with Crippen LogP contribution < -0.4 is 10.6 Å². The van der Waals surface area contributed by atoms with E-state index in [0.29, 0.717) is 5.69 Å². The summed E-state index contributed by atoms with van der Waals surface area (Å²) in [7, 11) is 1.84. The van der Waals surface area contributed by atoms with Crippen LogP contribution in [-0.4, -0.2) is 23.1 Å². The van der Waals surface area contributed by atoms with Gasteiger partial charge in [0.05, 0.1) is 11.9 Å². The predicted octanol–water partition coefficient (Wildman–Crippen LogP) is 2.08. The molecule has 0 saturated heterocycles. The van der Waals surface area contributed by atoms with Crippen molar-refractivity contribution in [1.82, 2.24) is 4.98 Å². The molecule has 0 bridgehead atoms. The Hall–Kier alpha value is -2.63. The highest BCUT2D eigenvalue weighted by Crippen LogP contribution is 2.22. The normalized spacial score (nSPS) is 11.4. The Morgan fingerprint density at radius 3 is 2.37 bits per heavy atom. The summed E-state index contributed by atoms with van der Waals surface area (Å²) in [6, 6.07) is 9.56. The van der Waals surface area contributed by atoms with Crippen LogP contribution in [0.5, 0.6) is 0 Å². The van der Waals surface area contributed by atoms with Gasteiger partial charge in [0.1, 0.15) is 11.5 Å². The molecule has 0 amide bonds. The Labute approximate surface area is 109 Å². The molecule has 1 aromatic heterocycles. The molecule has 3 N–H and O–H groups in total. The third-order valence-electron chi connectivity index (χ3n) is 2.72. The molecule has 5 nitrogen and oxygen atoms in total. The average Bonchev–Trinajstić information content (AvgIpc) is 2.46. The van der Waals surface area contributed by atoms with Gasteiger partial charge in [0.15, 0.2) is 5.84 Å². The fourth-order valence-electron chi connectivity index (χ4n) is 1.60. The number of halogens is 1. The fourth-order valence-corrected chi connectivity index (χ4v) is 1.60. The zero-order chi connectivity index (χ0) is 13.8. The molecule has 19 heavy (non-hydrogen) atoms. The fraction of sp³-hybridized carbons (Fsp3) is 0.0769. The summed E-state index contributed by atoms with van der Waals surface area (Å²) < 4.78 is 12.9. The van der Waals surface area contributed by atoms with Crippen LogP contribution >= 0.6 is 0 Å². The van der Waals surface area contributed by atoms with Gasteiger partial charge in [0.25, 0.3) is 0 Å². The van der Waals surface area contributed by atoms with Crippen LogP contribution in [0, 0.1) is 5.82 Å². The number of benzene rings is 1. The second-order valence-electron chi connectivity index (χ2n) is 3.92. The molecule has 0 saturated carbocycles. The summed E-state index contributed by atoms with van der Waals surface area (Å²) >= 11 is 0. The number of oxime groups is 1. The maximum atomic E-state index is 12.9. The van der Waals surface area contributed by atoms with Gasteiger partial charge in [0.2, 0.25) is 0 Å². The lowest BCUT2D eigenvalue weighted by Gasteiger charge is -2.19. The Morgan fingerprint density at radius 2 is 1.84 bits per heavy atom. The Morgan fingerprint density at radius 1 is 1.21 bits per heavy atom. The largest absolute Gasteiger partial charge is 0.409 e. The maximum absolute atomic E-state index is 12.9. The SMILES string of the molecule is CN(c1ccc(F)cc1)c1ccc(/C(N)=N/O)nc1. The molecular weight excluding hydrogens is 247 g/mol. The number of amidine groups is 1. The summed E-state index contributed by atoms with van der Waals surface area (Å²) in [6.07, 6.45) is 1.59. The number of rotatable bonds is 3. The van der Waals surface area contributed by atoms with Gasteiger partial charge in [-0.1, -0.05) is 5.16 Å². The number of aromatic nitrogens is 1.